The number of amides is 1. The number of fused-ring (bicyclic) bond motifs is 1. The molecule has 1 aromatic carbocycles. The number of benzene rings is 1. The molecule has 0 radical (unpaired) electrons. The lowest BCUT2D eigenvalue weighted by Crippen LogP contribution is -2.39. The van der Waals surface area contributed by atoms with Crippen LogP contribution in [0.2, 0.25) is 0 Å². The molecule has 0 saturated carbocycles. The first-order valence-corrected chi connectivity index (χ1v) is 5.59. The van der Waals surface area contributed by atoms with Gasteiger partial charge in [-0.1, -0.05) is 6.07 Å². The van der Waals surface area contributed by atoms with Gasteiger partial charge in [0.2, 0.25) is 5.91 Å². The molecule has 1 N–H and O–H groups in total. The van der Waals surface area contributed by atoms with Gasteiger partial charge >= 0.3 is 0 Å². The maximum absolute atomic E-state index is 13.5. The summed E-state index contributed by atoms with van der Waals surface area (Å²) in [7, 11) is 0. The van der Waals surface area contributed by atoms with Gasteiger partial charge in [-0.15, -0.1) is 0 Å². The Hall–Kier alpha value is -1.58. The van der Waals surface area contributed by atoms with E-state index < -0.39 is 0 Å². The average Bonchev–Trinajstić information content (AvgIpc) is 2.84. The lowest BCUT2D eigenvalue weighted by molar-refractivity contribution is -0.120. The topological polar surface area (TPSA) is 32.3 Å². The Balaban J connectivity index is 1.97. The molecule has 0 aromatic heterocycles. The van der Waals surface area contributed by atoms with Crippen LogP contribution >= 0.6 is 0 Å². The summed E-state index contributed by atoms with van der Waals surface area (Å²) < 4.78 is 13.5. The highest BCUT2D eigenvalue weighted by Crippen LogP contribution is 2.32. The van der Waals surface area contributed by atoms with Crippen LogP contribution in [0.5, 0.6) is 0 Å². The zero-order chi connectivity index (χ0) is 11.1. The molecule has 16 heavy (non-hydrogen) atoms. The largest absolute Gasteiger partial charge is 0.359 e. The van der Waals surface area contributed by atoms with Crippen LogP contribution in [0.1, 0.15) is 12.0 Å². The molecular formula is C12H13FN2O. The van der Waals surface area contributed by atoms with Crippen molar-refractivity contribution in [1.29, 1.82) is 0 Å². The number of carbonyl (C=O) groups is 1. The number of hydrogen-bond acceptors (Lipinski definition) is 2. The van der Waals surface area contributed by atoms with Crippen LogP contribution < -0.4 is 10.2 Å². The van der Waals surface area contributed by atoms with Crippen LogP contribution in [0.3, 0.4) is 0 Å². The summed E-state index contributed by atoms with van der Waals surface area (Å²) in [6, 6.07) is 4.98. The molecule has 0 aliphatic carbocycles. The summed E-state index contributed by atoms with van der Waals surface area (Å²) in [5.74, 6) is -0.0875. The molecule has 3 rings (SSSR count). The molecule has 84 valence electrons. The van der Waals surface area contributed by atoms with Crippen LogP contribution in [0.15, 0.2) is 18.2 Å². The average molecular weight is 220 g/mol. The van der Waals surface area contributed by atoms with Gasteiger partial charge in [-0.25, -0.2) is 4.39 Å². The van der Waals surface area contributed by atoms with Crippen molar-refractivity contribution in [3.8, 4) is 0 Å². The molecule has 0 bridgehead atoms. The van der Waals surface area contributed by atoms with Crippen molar-refractivity contribution in [1.82, 2.24) is 5.32 Å². The van der Waals surface area contributed by atoms with E-state index in [1.807, 2.05) is 11.0 Å². The fraction of sp³-hybridized carbons (Fsp3) is 0.417. The second kappa shape index (κ2) is 3.47. The van der Waals surface area contributed by atoms with Gasteiger partial charge in [0.15, 0.2) is 0 Å². The molecule has 2 aliphatic heterocycles. The fourth-order valence-corrected chi connectivity index (χ4v) is 2.62. The number of rotatable bonds is 1. The normalized spacial score (nSPS) is 23.4. The van der Waals surface area contributed by atoms with E-state index in [1.54, 1.807) is 6.07 Å². The molecule has 1 fully saturated rings. The smallest absolute Gasteiger partial charge is 0.242 e. The number of halogens is 1. The quantitative estimate of drug-likeness (QED) is 0.768. The third-order valence-electron chi connectivity index (χ3n) is 3.40. The summed E-state index contributed by atoms with van der Waals surface area (Å²) in [6.07, 6.45) is 1.51. The van der Waals surface area contributed by atoms with Gasteiger partial charge in [-0.2, -0.15) is 0 Å². The second-order valence-electron chi connectivity index (χ2n) is 4.28. The summed E-state index contributed by atoms with van der Waals surface area (Å²) in [5.41, 5.74) is 1.64. The van der Waals surface area contributed by atoms with Crippen molar-refractivity contribution in [2.45, 2.75) is 18.9 Å². The minimum atomic E-state index is -0.154. The summed E-state index contributed by atoms with van der Waals surface area (Å²) >= 11 is 0. The van der Waals surface area contributed by atoms with Crippen LogP contribution in [0.25, 0.3) is 0 Å². The Morgan fingerprint density at radius 1 is 1.44 bits per heavy atom. The van der Waals surface area contributed by atoms with Crippen molar-refractivity contribution in [2.24, 2.45) is 0 Å². The van der Waals surface area contributed by atoms with Gasteiger partial charge < -0.3 is 10.2 Å². The molecule has 2 aliphatic rings. The molecule has 1 amide bonds. The summed E-state index contributed by atoms with van der Waals surface area (Å²) in [5, 5.41) is 2.82. The Morgan fingerprint density at radius 3 is 3.06 bits per heavy atom. The molecule has 1 aromatic rings. The molecule has 1 saturated heterocycles. The van der Waals surface area contributed by atoms with Crippen LogP contribution in [0.4, 0.5) is 10.1 Å². The number of hydrogen-bond donors (Lipinski definition) is 1. The third-order valence-corrected chi connectivity index (χ3v) is 3.40. The Bertz CT molecular complexity index is 447. The monoisotopic (exact) mass is 220 g/mol. The number of carbonyl (C=O) groups excluding carboxylic acids is 1. The predicted molar refractivity (Wildman–Crippen MR) is 58.9 cm³/mol. The first-order valence-electron chi connectivity index (χ1n) is 5.59. The minimum Gasteiger partial charge on any atom is -0.359 e. The van der Waals surface area contributed by atoms with Crippen LogP contribution in [-0.2, 0) is 11.2 Å². The van der Waals surface area contributed by atoms with E-state index in [0.717, 1.165) is 30.8 Å². The van der Waals surface area contributed by atoms with E-state index >= 15 is 0 Å². The highest BCUT2D eigenvalue weighted by molar-refractivity contribution is 5.88. The first kappa shape index (κ1) is 9.63. The van der Waals surface area contributed by atoms with Gasteiger partial charge in [0, 0.05) is 24.3 Å². The van der Waals surface area contributed by atoms with E-state index in [-0.39, 0.29) is 17.8 Å². The molecule has 4 heteroatoms. The highest BCUT2D eigenvalue weighted by Gasteiger charge is 2.34. The molecule has 3 nitrogen and oxygen atoms in total. The lowest BCUT2D eigenvalue weighted by Gasteiger charge is -2.24. The highest BCUT2D eigenvalue weighted by atomic mass is 19.1. The molecular weight excluding hydrogens is 207 g/mol. The first-order chi connectivity index (χ1) is 7.77. The minimum absolute atomic E-state index is 0.0668. The van der Waals surface area contributed by atoms with E-state index in [0.29, 0.717) is 6.42 Å². The molecule has 0 unspecified atom stereocenters. The fourth-order valence-electron chi connectivity index (χ4n) is 2.62. The van der Waals surface area contributed by atoms with Crippen molar-refractivity contribution < 1.29 is 9.18 Å². The maximum Gasteiger partial charge on any atom is 0.242 e. The molecule has 2 heterocycles. The van der Waals surface area contributed by atoms with Gasteiger partial charge in [-0.3, -0.25) is 4.79 Å². The van der Waals surface area contributed by atoms with Gasteiger partial charge in [0.05, 0.1) is 0 Å². The number of anilines is 1. The lowest BCUT2D eigenvalue weighted by atomic mass is 10.1. The second-order valence-corrected chi connectivity index (χ2v) is 4.28. The van der Waals surface area contributed by atoms with Gasteiger partial charge in [0.1, 0.15) is 11.9 Å². The Morgan fingerprint density at radius 2 is 2.31 bits per heavy atom. The van der Waals surface area contributed by atoms with E-state index in [4.69, 9.17) is 0 Å². The third kappa shape index (κ3) is 1.29. The number of nitrogens with one attached hydrogen (secondary N) is 1. The van der Waals surface area contributed by atoms with Gasteiger partial charge in [0.25, 0.3) is 0 Å². The van der Waals surface area contributed by atoms with Crippen molar-refractivity contribution >= 4 is 11.6 Å². The summed E-state index contributed by atoms with van der Waals surface area (Å²) in [6.45, 7) is 1.47. The van der Waals surface area contributed by atoms with E-state index in [2.05, 4.69) is 5.32 Å². The SMILES string of the molecule is O=C1NCC[C@H]1N1CCc2c(F)cccc21. The van der Waals surface area contributed by atoms with Crippen molar-refractivity contribution in [3.05, 3.63) is 29.6 Å². The summed E-state index contributed by atoms with van der Waals surface area (Å²) in [4.78, 5) is 13.6. The van der Waals surface area contributed by atoms with Crippen molar-refractivity contribution in [2.75, 3.05) is 18.0 Å². The zero-order valence-corrected chi connectivity index (χ0v) is 8.87. The van der Waals surface area contributed by atoms with Crippen LogP contribution in [0, 0.1) is 5.82 Å². The maximum atomic E-state index is 13.5. The van der Waals surface area contributed by atoms with Crippen molar-refractivity contribution in [3.63, 3.8) is 0 Å². The molecule has 1 atom stereocenters. The molecule has 0 spiro atoms. The standard InChI is InChI=1S/C12H13FN2O/c13-9-2-1-3-10-8(9)5-7-15(10)11-4-6-14-12(11)16/h1-3,11H,4-7H2,(H,14,16)/t11-/m1/s1. The Labute approximate surface area is 93.2 Å². The Kier molecular flexibility index (Phi) is 2.09. The predicted octanol–water partition coefficient (Wildman–Crippen LogP) is 1.08. The van der Waals surface area contributed by atoms with E-state index in [1.165, 1.54) is 6.07 Å². The van der Waals surface area contributed by atoms with Crippen LogP contribution in [-0.4, -0.2) is 25.0 Å². The van der Waals surface area contributed by atoms with E-state index in [9.17, 15) is 9.18 Å². The van der Waals surface area contributed by atoms with Gasteiger partial charge in [-0.05, 0) is 25.0 Å². The zero-order valence-electron chi connectivity index (χ0n) is 8.87. The number of nitrogens with zero attached hydrogens (tertiary/aromatic N) is 1.